The number of rotatable bonds is 4. The van der Waals surface area contributed by atoms with Crippen molar-refractivity contribution in [1.82, 2.24) is 4.90 Å². The Morgan fingerprint density at radius 3 is 2.59 bits per heavy atom. The van der Waals surface area contributed by atoms with E-state index >= 15 is 0 Å². The van der Waals surface area contributed by atoms with Crippen molar-refractivity contribution in [3.8, 4) is 0 Å². The van der Waals surface area contributed by atoms with Crippen LogP contribution in [0.3, 0.4) is 0 Å². The van der Waals surface area contributed by atoms with Crippen molar-refractivity contribution in [2.24, 2.45) is 0 Å². The van der Waals surface area contributed by atoms with Crippen molar-refractivity contribution in [1.29, 1.82) is 0 Å². The number of carbonyl (C=O) groups excluding carboxylic acids is 1. The minimum atomic E-state index is -3.25. The van der Waals surface area contributed by atoms with Gasteiger partial charge in [0.05, 0.1) is 17.9 Å². The molecule has 8 heteroatoms. The first kappa shape index (κ1) is 19.4. The van der Waals surface area contributed by atoms with Crippen molar-refractivity contribution >= 4 is 15.7 Å². The van der Waals surface area contributed by atoms with Gasteiger partial charge < -0.3 is 10.0 Å². The first-order valence-corrected chi connectivity index (χ1v) is 10.4. The van der Waals surface area contributed by atoms with Crippen LogP contribution in [0.4, 0.5) is 8.78 Å². The predicted molar refractivity (Wildman–Crippen MR) is 95.7 cm³/mol. The normalized spacial score (nSPS) is 20.1. The number of amides is 1. The number of halogens is 2. The molecule has 1 amide bonds. The Balaban J connectivity index is 1.90. The summed E-state index contributed by atoms with van der Waals surface area (Å²) in [6.45, 7) is 0.0544. The molecular formula is C19H19F2NO4S. The average molecular weight is 395 g/mol. The second-order valence-corrected chi connectivity index (χ2v) is 8.95. The first-order chi connectivity index (χ1) is 12.6. The summed E-state index contributed by atoms with van der Waals surface area (Å²) in [4.78, 5) is 14.3. The Bertz CT molecular complexity index is 977. The monoisotopic (exact) mass is 395 g/mol. The van der Waals surface area contributed by atoms with Gasteiger partial charge in [0, 0.05) is 18.4 Å². The molecule has 2 atom stereocenters. The molecule has 1 N–H and O–H groups in total. The number of β-amino-alcohol motifs (C(OH)–C–C–N with tert-alkyl or cyclic N) is 1. The van der Waals surface area contributed by atoms with Gasteiger partial charge in [0.25, 0.3) is 5.91 Å². The van der Waals surface area contributed by atoms with Gasteiger partial charge in [0.1, 0.15) is 0 Å². The molecule has 0 spiro atoms. The molecule has 1 aliphatic rings. The zero-order valence-electron chi connectivity index (χ0n) is 14.6. The molecule has 2 aromatic carbocycles. The molecule has 5 nitrogen and oxygen atoms in total. The minimum Gasteiger partial charge on any atom is -0.391 e. The number of hydrogen-bond donors (Lipinski definition) is 1. The Morgan fingerprint density at radius 1 is 1.19 bits per heavy atom. The number of sulfone groups is 1. The van der Waals surface area contributed by atoms with Gasteiger partial charge in [-0.25, -0.2) is 17.2 Å². The van der Waals surface area contributed by atoms with E-state index in [-0.39, 0.29) is 24.3 Å². The second-order valence-electron chi connectivity index (χ2n) is 6.81. The van der Waals surface area contributed by atoms with E-state index < -0.39 is 39.5 Å². The van der Waals surface area contributed by atoms with E-state index in [1.807, 2.05) is 0 Å². The summed E-state index contributed by atoms with van der Waals surface area (Å²) < 4.78 is 49.8. The van der Waals surface area contributed by atoms with E-state index in [1.165, 1.54) is 17.0 Å². The number of aliphatic hydroxyl groups is 1. The largest absolute Gasteiger partial charge is 0.391 e. The van der Waals surface area contributed by atoms with Gasteiger partial charge in [-0.15, -0.1) is 0 Å². The van der Waals surface area contributed by atoms with Gasteiger partial charge in [0.15, 0.2) is 21.5 Å². The molecule has 0 saturated carbocycles. The van der Waals surface area contributed by atoms with Gasteiger partial charge in [-0.05, 0) is 41.8 Å². The Hall–Kier alpha value is -2.32. The summed E-state index contributed by atoms with van der Waals surface area (Å²) in [6.07, 6.45) is 0.531. The molecule has 2 aromatic rings. The fourth-order valence-electron chi connectivity index (χ4n) is 3.34. The highest BCUT2D eigenvalue weighted by Gasteiger charge is 2.36. The fourth-order valence-corrected chi connectivity index (χ4v) is 4.12. The van der Waals surface area contributed by atoms with Gasteiger partial charge in [0.2, 0.25) is 0 Å². The third-order valence-electron chi connectivity index (χ3n) is 4.47. The van der Waals surface area contributed by atoms with Crippen LogP contribution in [0.1, 0.15) is 33.9 Å². The lowest BCUT2D eigenvalue weighted by atomic mass is 10.0. The molecule has 0 radical (unpaired) electrons. The number of carbonyl (C=O) groups is 1. The van der Waals surface area contributed by atoms with E-state index in [2.05, 4.69) is 0 Å². The topological polar surface area (TPSA) is 74.7 Å². The van der Waals surface area contributed by atoms with Gasteiger partial charge in [-0.1, -0.05) is 18.2 Å². The van der Waals surface area contributed by atoms with E-state index in [9.17, 15) is 27.1 Å². The van der Waals surface area contributed by atoms with Crippen LogP contribution >= 0.6 is 0 Å². The molecule has 2 unspecified atom stereocenters. The van der Waals surface area contributed by atoms with Crippen LogP contribution in [-0.2, 0) is 15.6 Å². The fraction of sp³-hybridized carbons (Fsp3) is 0.316. The molecule has 144 valence electrons. The van der Waals surface area contributed by atoms with Gasteiger partial charge >= 0.3 is 0 Å². The third-order valence-corrected chi connectivity index (χ3v) is 5.33. The standard InChI is InChI=1S/C19H19F2NO4S/c1-27(25,26)11-12-3-2-4-14(7-12)19(24)22-10-15(23)9-18(22)13-5-6-16(20)17(21)8-13/h2-8,15,18,23H,9-11H2,1H3. The van der Waals surface area contributed by atoms with Crippen molar-refractivity contribution in [3.63, 3.8) is 0 Å². The lowest BCUT2D eigenvalue weighted by Gasteiger charge is -2.25. The van der Waals surface area contributed by atoms with E-state index in [1.54, 1.807) is 18.2 Å². The van der Waals surface area contributed by atoms with Crippen LogP contribution in [0.15, 0.2) is 42.5 Å². The lowest BCUT2D eigenvalue weighted by Crippen LogP contribution is -2.32. The predicted octanol–water partition coefficient (Wildman–Crippen LogP) is 2.46. The number of hydrogen-bond acceptors (Lipinski definition) is 4. The molecule has 27 heavy (non-hydrogen) atoms. The molecule has 1 saturated heterocycles. The van der Waals surface area contributed by atoms with Crippen molar-refractivity contribution in [2.45, 2.75) is 24.3 Å². The number of likely N-dealkylation sites (tertiary alicyclic amines) is 1. The van der Waals surface area contributed by atoms with E-state index in [4.69, 9.17) is 0 Å². The Kier molecular flexibility index (Phi) is 5.30. The van der Waals surface area contributed by atoms with Gasteiger partial charge in [-0.3, -0.25) is 4.79 Å². The highest BCUT2D eigenvalue weighted by molar-refractivity contribution is 7.89. The zero-order valence-corrected chi connectivity index (χ0v) is 15.4. The highest BCUT2D eigenvalue weighted by atomic mass is 32.2. The highest BCUT2D eigenvalue weighted by Crippen LogP contribution is 2.34. The molecular weight excluding hydrogens is 376 g/mol. The summed E-state index contributed by atoms with van der Waals surface area (Å²) >= 11 is 0. The molecule has 1 heterocycles. The van der Waals surface area contributed by atoms with Crippen LogP contribution in [-0.4, -0.2) is 43.2 Å². The zero-order chi connectivity index (χ0) is 19.8. The van der Waals surface area contributed by atoms with Crippen LogP contribution in [0.5, 0.6) is 0 Å². The third kappa shape index (κ3) is 4.51. The Labute approximate surface area is 156 Å². The summed E-state index contributed by atoms with van der Waals surface area (Å²) in [5, 5.41) is 10.0. The first-order valence-electron chi connectivity index (χ1n) is 8.34. The summed E-state index contributed by atoms with van der Waals surface area (Å²) in [5.74, 6) is -2.60. The smallest absolute Gasteiger partial charge is 0.254 e. The molecule has 3 rings (SSSR count). The lowest BCUT2D eigenvalue weighted by molar-refractivity contribution is 0.0715. The summed E-state index contributed by atoms with van der Waals surface area (Å²) in [5.41, 5.74) is 1.15. The maximum Gasteiger partial charge on any atom is 0.254 e. The van der Waals surface area contributed by atoms with E-state index in [0.717, 1.165) is 18.4 Å². The molecule has 1 aliphatic heterocycles. The molecule has 0 aliphatic carbocycles. The number of benzene rings is 2. The van der Waals surface area contributed by atoms with Crippen molar-refractivity contribution in [2.75, 3.05) is 12.8 Å². The summed E-state index contributed by atoms with van der Waals surface area (Å²) in [6, 6.07) is 9.07. The van der Waals surface area contributed by atoms with Crippen molar-refractivity contribution in [3.05, 3.63) is 70.8 Å². The SMILES string of the molecule is CS(=O)(=O)Cc1cccc(C(=O)N2CC(O)CC2c2ccc(F)c(F)c2)c1. The average Bonchev–Trinajstić information content (AvgIpc) is 2.97. The van der Waals surface area contributed by atoms with Gasteiger partial charge in [-0.2, -0.15) is 0 Å². The Morgan fingerprint density at radius 2 is 1.93 bits per heavy atom. The molecule has 0 bridgehead atoms. The van der Waals surface area contributed by atoms with Crippen molar-refractivity contribution < 1.29 is 27.1 Å². The van der Waals surface area contributed by atoms with Crippen LogP contribution in [0.2, 0.25) is 0 Å². The van der Waals surface area contributed by atoms with Crippen LogP contribution in [0.25, 0.3) is 0 Å². The maximum absolute atomic E-state index is 13.6. The maximum atomic E-state index is 13.6. The quantitative estimate of drug-likeness (QED) is 0.863. The minimum absolute atomic E-state index is 0.0544. The second kappa shape index (κ2) is 7.36. The summed E-state index contributed by atoms with van der Waals surface area (Å²) in [7, 11) is -3.25. The number of aliphatic hydroxyl groups excluding tert-OH is 1. The van der Waals surface area contributed by atoms with Crippen LogP contribution < -0.4 is 0 Å². The molecule has 1 fully saturated rings. The van der Waals surface area contributed by atoms with E-state index in [0.29, 0.717) is 11.1 Å². The number of nitrogens with zero attached hydrogens (tertiary/aromatic N) is 1. The molecule has 0 aromatic heterocycles. The van der Waals surface area contributed by atoms with Crippen LogP contribution in [0, 0.1) is 11.6 Å².